The summed E-state index contributed by atoms with van der Waals surface area (Å²) in [5, 5.41) is 7.27. The summed E-state index contributed by atoms with van der Waals surface area (Å²) in [5.41, 5.74) is 0. The normalized spacial score (nSPS) is 17.0. The lowest BCUT2D eigenvalue weighted by Gasteiger charge is -2.23. The van der Waals surface area contributed by atoms with Crippen LogP contribution in [0.5, 0.6) is 0 Å². The van der Waals surface area contributed by atoms with Crippen molar-refractivity contribution in [1.82, 2.24) is 15.3 Å². The number of hydrogen-bond acceptors (Lipinski definition) is 5. The number of thiophene rings is 1. The summed E-state index contributed by atoms with van der Waals surface area (Å²) in [4.78, 5) is 9.14. The summed E-state index contributed by atoms with van der Waals surface area (Å²) in [5.74, 6) is 1.20. The molecule has 0 atom stereocenters. The molecule has 0 aliphatic carbocycles. The minimum Gasteiger partial charge on any atom is -0.369 e. The molecule has 120 valence electrons. The summed E-state index contributed by atoms with van der Waals surface area (Å²) in [7, 11) is 0. The summed E-state index contributed by atoms with van der Waals surface area (Å²) in [6.07, 6.45) is -1.51. The van der Waals surface area contributed by atoms with Gasteiger partial charge < -0.3 is 10.6 Å². The molecule has 0 amide bonds. The molecule has 0 saturated carbocycles. The molecule has 2 N–H and O–H groups in total. The van der Waals surface area contributed by atoms with Crippen LogP contribution in [-0.2, 0) is 6.42 Å². The van der Waals surface area contributed by atoms with Crippen LogP contribution in [0.1, 0.15) is 17.7 Å². The molecular weight excluding hydrogens is 313 g/mol. The van der Waals surface area contributed by atoms with Gasteiger partial charge in [0.15, 0.2) is 0 Å². The number of hydrogen-bond donors (Lipinski definition) is 2. The Balaban J connectivity index is 1.74. The summed E-state index contributed by atoms with van der Waals surface area (Å²) < 4.78 is 37.5. The fraction of sp³-hybridized carbons (Fsp3) is 0.571. The highest BCUT2D eigenvalue weighted by atomic mass is 32.1. The van der Waals surface area contributed by atoms with E-state index in [9.17, 15) is 13.2 Å². The van der Waals surface area contributed by atoms with Gasteiger partial charge in [-0.25, -0.2) is 9.97 Å². The van der Waals surface area contributed by atoms with Gasteiger partial charge in [0.2, 0.25) is 0 Å². The lowest BCUT2D eigenvalue weighted by molar-refractivity contribution is -0.126. The Labute approximate surface area is 130 Å². The van der Waals surface area contributed by atoms with Gasteiger partial charge in [-0.1, -0.05) is 0 Å². The number of aromatic nitrogens is 2. The molecule has 2 aromatic rings. The molecule has 3 heterocycles. The maximum absolute atomic E-state index is 12.5. The summed E-state index contributed by atoms with van der Waals surface area (Å²) in [6.45, 7) is 2.82. The van der Waals surface area contributed by atoms with E-state index >= 15 is 0 Å². The van der Waals surface area contributed by atoms with E-state index < -0.39 is 12.6 Å². The van der Waals surface area contributed by atoms with Gasteiger partial charge in [-0.05, 0) is 37.9 Å². The van der Waals surface area contributed by atoms with Crippen LogP contribution in [0.25, 0.3) is 10.2 Å². The summed E-state index contributed by atoms with van der Waals surface area (Å²) in [6, 6.07) is 1.55. The first-order chi connectivity index (χ1) is 10.5. The molecule has 1 fully saturated rings. The maximum Gasteiger partial charge on any atom is 0.393 e. The predicted molar refractivity (Wildman–Crippen MR) is 81.3 cm³/mol. The van der Waals surface area contributed by atoms with Crippen molar-refractivity contribution in [2.45, 2.75) is 25.4 Å². The Morgan fingerprint density at radius 2 is 2.05 bits per heavy atom. The molecule has 8 heteroatoms. The van der Waals surface area contributed by atoms with Crippen LogP contribution in [0, 0.1) is 5.92 Å². The van der Waals surface area contributed by atoms with Gasteiger partial charge >= 0.3 is 6.18 Å². The van der Waals surface area contributed by atoms with Crippen molar-refractivity contribution in [3.63, 3.8) is 0 Å². The number of piperidine rings is 1. The molecule has 3 rings (SSSR count). The molecule has 1 aliphatic rings. The third-order valence-corrected chi connectivity index (χ3v) is 4.82. The van der Waals surface area contributed by atoms with E-state index in [1.165, 1.54) is 6.33 Å². The Kier molecular flexibility index (Phi) is 4.49. The second kappa shape index (κ2) is 6.37. The smallest absolute Gasteiger partial charge is 0.369 e. The number of halogens is 3. The second-order valence-electron chi connectivity index (χ2n) is 5.52. The van der Waals surface area contributed by atoms with E-state index in [0.29, 0.717) is 22.0 Å². The molecule has 0 bridgehead atoms. The molecule has 22 heavy (non-hydrogen) atoms. The van der Waals surface area contributed by atoms with Crippen LogP contribution in [-0.4, -0.2) is 35.8 Å². The Bertz CT molecular complexity index is 635. The van der Waals surface area contributed by atoms with E-state index in [4.69, 9.17) is 0 Å². The quantitative estimate of drug-likeness (QED) is 0.904. The van der Waals surface area contributed by atoms with Crippen molar-refractivity contribution in [1.29, 1.82) is 0 Å². The molecule has 0 aromatic carbocycles. The average Bonchev–Trinajstić information content (AvgIpc) is 2.86. The second-order valence-corrected chi connectivity index (χ2v) is 6.64. The Morgan fingerprint density at radius 1 is 1.27 bits per heavy atom. The zero-order valence-electron chi connectivity index (χ0n) is 11.9. The highest BCUT2D eigenvalue weighted by molar-refractivity contribution is 7.18. The number of rotatable bonds is 4. The maximum atomic E-state index is 12.5. The van der Waals surface area contributed by atoms with Crippen molar-refractivity contribution >= 4 is 27.4 Å². The topological polar surface area (TPSA) is 49.8 Å². The van der Waals surface area contributed by atoms with Gasteiger partial charge in [0.25, 0.3) is 0 Å². The van der Waals surface area contributed by atoms with Gasteiger partial charge in [-0.2, -0.15) is 13.2 Å². The van der Waals surface area contributed by atoms with Crippen molar-refractivity contribution < 1.29 is 13.2 Å². The Morgan fingerprint density at radius 3 is 2.77 bits per heavy atom. The lowest BCUT2D eigenvalue weighted by Crippen LogP contribution is -2.31. The third-order valence-electron chi connectivity index (χ3n) is 3.77. The third kappa shape index (κ3) is 3.86. The standard InChI is InChI=1S/C14H17F3N4S/c15-14(16,17)6-10-5-11-12(20-8-21-13(11)22-10)19-7-9-1-3-18-4-2-9/h5,8-9,18H,1-4,6-7H2,(H,19,20,21). The van der Waals surface area contributed by atoms with Crippen LogP contribution in [0.3, 0.4) is 0 Å². The SMILES string of the molecule is FC(F)(F)Cc1cc2c(NCC3CCNCC3)ncnc2s1. The van der Waals surface area contributed by atoms with E-state index in [-0.39, 0.29) is 4.88 Å². The largest absolute Gasteiger partial charge is 0.393 e. The molecular formula is C14H17F3N4S. The zero-order valence-corrected chi connectivity index (χ0v) is 12.7. The highest BCUT2D eigenvalue weighted by Gasteiger charge is 2.29. The van der Waals surface area contributed by atoms with E-state index in [1.807, 2.05) is 0 Å². The average molecular weight is 330 g/mol. The zero-order chi connectivity index (χ0) is 15.6. The minimum atomic E-state index is -4.20. The number of anilines is 1. The molecule has 0 radical (unpaired) electrons. The molecule has 0 unspecified atom stereocenters. The van der Waals surface area contributed by atoms with Crippen LogP contribution < -0.4 is 10.6 Å². The number of fused-ring (bicyclic) bond motifs is 1. The highest BCUT2D eigenvalue weighted by Crippen LogP contribution is 2.32. The number of nitrogens with zero attached hydrogens (tertiary/aromatic N) is 2. The van der Waals surface area contributed by atoms with Crippen molar-refractivity contribution in [2.24, 2.45) is 5.92 Å². The van der Waals surface area contributed by atoms with E-state index in [0.717, 1.165) is 43.8 Å². The first kappa shape index (κ1) is 15.5. The first-order valence-electron chi connectivity index (χ1n) is 7.26. The van der Waals surface area contributed by atoms with Gasteiger partial charge in [0.05, 0.1) is 11.8 Å². The monoisotopic (exact) mass is 330 g/mol. The van der Waals surface area contributed by atoms with Crippen molar-refractivity contribution in [3.8, 4) is 0 Å². The molecule has 2 aromatic heterocycles. The lowest BCUT2D eigenvalue weighted by atomic mass is 9.98. The van der Waals surface area contributed by atoms with Crippen LogP contribution in [0.15, 0.2) is 12.4 Å². The molecule has 1 saturated heterocycles. The molecule has 1 aliphatic heterocycles. The van der Waals surface area contributed by atoms with Crippen molar-refractivity contribution in [3.05, 3.63) is 17.3 Å². The number of alkyl halides is 3. The molecule has 0 spiro atoms. The van der Waals surface area contributed by atoms with Crippen LogP contribution >= 0.6 is 11.3 Å². The number of nitrogens with one attached hydrogen (secondary N) is 2. The van der Waals surface area contributed by atoms with Crippen LogP contribution in [0.4, 0.5) is 19.0 Å². The fourth-order valence-corrected chi connectivity index (χ4v) is 3.68. The molecule has 4 nitrogen and oxygen atoms in total. The van der Waals surface area contributed by atoms with Crippen molar-refractivity contribution in [2.75, 3.05) is 25.0 Å². The minimum absolute atomic E-state index is 0.271. The van der Waals surface area contributed by atoms with Crippen LogP contribution in [0.2, 0.25) is 0 Å². The van der Waals surface area contributed by atoms with Gasteiger partial charge in [-0.3, -0.25) is 0 Å². The first-order valence-corrected chi connectivity index (χ1v) is 8.08. The Hall–Kier alpha value is -1.41. The fourth-order valence-electron chi connectivity index (χ4n) is 2.66. The van der Waals surface area contributed by atoms with Gasteiger partial charge in [0, 0.05) is 11.4 Å². The van der Waals surface area contributed by atoms with Gasteiger partial charge in [-0.15, -0.1) is 11.3 Å². The van der Waals surface area contributed by atoms with E-state index in [1.54, 1.807) is 6.07 Å². The summed E-state index contributed by atoms with van der Waals surface area (Å²) >= 11 is 1.08. The van der Waals surface area contributed by atoms with Gasteiger partial charge in [0.1, 0.15) is 17.0 Å². The predicted octanol–water partition coefficient (Wildman–Crippen LogP) is 3.21. The van der Waals surface area contributed by atoms with E-state index in [2.05, 4.69) is 20.6 Å².